The number of aromatic nitrogens is 3. The lowest BCUT2D eigenvalue weighted by molar-refractivity contribution is 0.119. The van der Waals surface area contributed by atoms with Crippen LogP contribution in [0.15, 0.2) is 15.6 Å². The number of hydrogen-bond acceptors (Lipinski definition) is 6. The van der Waals surface area contributed by atoms with E-state index >= 15 is 0 Å². The van der Waals surface area contributed by atoms with Crippen molar-refractivity contribution in [2.45, 2.75) is 26.4 Å². The van der Waals surface area contributed by atoms with Crippen molar-refractivity contribution >= 4 is 32.9 Å². The van der Waals surface area contributed by atoms with Gasteiger partial charge in [-0.2, -0.15) is 0 Å². The Balaban J connectivity index is 1.91. The minimum atomic E-state index is -0.0746. The van der Waals surface area contributed by atoms with E-state index in [1.165, 1.54) is 11.3 Å². The Bertz CT molecular complexity index is 834. The monoisotopic (exact) mass is 321 g/mol. The van der Waals surface area contributed by atoms with E-state index in [4.69, 9.17) is 4.74 Å². The van der Waals surface area contributed by atoms with Crippen molar-refractivity contribution in [3.63, 3.8) is 0 Å². The maximum atomic E-state index is 12.1. The molecule has 0 aliphatic rings. The zero-order valence-electron chi connectivity index (χ0n) is 12.0. The van der Waals surface area contributed by atoms with Gasteiger partial charge >= 0.3 is 0 Å². The zero-order chi connectivity index (χ0) is 15.0. The van der Waals surface area contributed by atoms with E-state index in [-0.39, 0.29) is 11.7 Å². The van der Waals surface area contributed by atoms with Gasteiger partial charge in [-0.05, 0) is 24.8 Å². The number of nitrogens with zero attached hydrogens (tertiary/aromatic N) is 2. The van der Waals surface area contributed by atoms with Crippen molar-refractivity contribution in [2.75, 3.05) is 7.11 Å². The fourth-order valence-electron chi connectivity index (χ4n) is 2.08. The summed E-state index contributed by atoms with van der Waals surface area (Å²) < 4.78 is 5.26. The summed E-state index contributed by atoms with van der Waals surface area (Å²) in [5.41, 5.74) is 1.80. The molecule has 7 heteroatoms. The minimum absolute atomic E-state index is 0.0156. The number of H-pyrrole nitrogens is 1. The van der Waals surface area contributed by atoms with Gasteiger partial charge in [0.25, 0.3) is 5.56 Å². The Hall–Kier alpha value is -1.57. The summed E-state index contributed by atoms with van der Waals surface area (Å²) in [4.78, 5) is 24.8. The average molecular weight is 321 g/mol. The first-order chi connectivity index (χ1) is 10.1. The summed E-state index contributed by atoms with van der Waals surface area (Å²) in [5, 5.41) is 5.56. The second kappa shape index (κ2) is 5.67. The fraction of sp³-hybridized carbons (Fsp3) is 0.357. The van der Waals surface area contributed by atoms with Gasteiger partial charge in [-0.25, -0.2) is 9.97 Å². The number of aromatic amines is 1. The van der Waals surface area contributed by atoms with E-state index in [2.05, 4.69) is 15.0 Å². The molecular formula is C14H15N3O2S2. The molecule has 0 saturated carbocycles. The van der Waals surface area contributed by atoms with Crippen molar-refractivity contribution < 1.29 is 4.74 Å². The molecule has 0 radical (unpaired) electrons. The van der Waals surface area contributed by atoms with Crippen LogP contribution in [0.2, 0.25) is 0 Å². The molecular weight excluding hydrogens is 306 g/mol. The third kappa shape index (κ3) is 2.76. The molecule has 3 aromatic heterocycles. The van der Waals surface area contributed by atoms with Gasteiger partial charge in [0.05, 0.1) is 11.1 Å². The highest BCUT2D eigenvalue weighted by Gasteiger charge is 2.12. The van der Waals surface area contributed by atoms with Gasteiger partial charge in [0, 0.05) is 18.9 Å². The molecule has 3 rings (SSSR count). The second-order valence-corrected chi connectivity index (χ2v) is 6.59. The Labute approximate surface area is 129 Å². The maximum absolute atomic E-state index is 12.1. The molecule has 0 amide bonds. The van der Waals surface area contributed by atoms with Gasteiger partial charge in [-0.3, -0.25) is 4.79 Å². The quantitative estimate of drug-likeness (QED) is 0.802. The molecule has 1 N–H and O–H groups in total. The van der Waals surface area contributed by atoms with Crippen molar-refractivity contribution in [1.82, 2.24) is 15.0 Å². The highest BCUT2D eigenvalue weighted by atomic mass is 32.1. The van der Waals surface area contributed by atoms with E-state index in [9.17, 15) is 4.79 Å². The van der Waals surface area contributed by atoms with Crippen LogP contribution in [0.4, 0.5) is 0 Å². The molecule has 0 aliphatic carbocycles. The van der Waals surface area contributed by atoms with Crippen molar-refractivity contribution in [3.05, 3.63) is 43.2 Å². The summed E-state index contributed by atoms with van der Waals surface area (Å²) in [6.07, 6.45) is 0.507. The summed E-state index contributed by atoms with van der Waals surface area (Å²) in [5.74, 6) is 0.649. The third-order valence-corrected chi connectivity index (χ3v) is 5.34. The third-order valence-electron chi connectivity index (χ3n) is 3.30. The van der Waals surface area contributed by atoms with Crippen molar-refractivity contribution in [3.8, 4) is 0 Å². The van der Waals surface area contributed by atoms with E-state index in [0.717, 1.165) is 21.1 Å². The van der Waals surface area contributed by atoms with Crippen LogP contribution in [0.25, 0.3) is 10.2 Å². The van der Waals surface area contributed by atoms with Gasteiger partial charge in [-0.15, -0.1) is 22.7 Å². The highest BCUT2D eigenvalue weighted by molar-refractivity contribution is 7.16. The van der Waals surface area contributed by atoms with Crippen molar-refractivity contribution in [1.29, 1.82) is 0 Å². The second-order valence-electron chi connectivity index (χ2n) is 4.84. The molecule has 3 aromatic rings. The highest BCUT2D eigenvalue weighted by Crippen LogP contribution is 2.23. The lowest BCUT2D eigenvalue weighted by Gasteiger charge is -2.03. The summed E-state index contributed by atoms with van der Waals surface area (Å²) in [6.45, 7) is 3.89. The fourth-order valence-corrected chi connectivity index (χ4v) is 3.87. The van der Waals surface area contributed by atoms with E-state index in [0.29, 0.717) is 17.6 Å². The van der Waals surface area contributed by atoms with Crippen LogP contribution in [0.3, 0.4) is 0 Å². The number of methoxy groups -OCH3 is 1. The number of fused-ring (bicyclic) bond motifs is 1. The van der Waals surface area contributed by atoms with Crippen LogP contribution >= 0.6 is 22.7 Å². The largest absolute Gasteiger partial charge is 0.375 e. The van der Waals surface area contributed by atoms with E-state index in [1.54, 1.807) is 18.4 Å². The summed E-state index contributed by atoms with van der Waals surface area (Å²) in [7, 11) is 1.66. The number of ether oxygens (including phenoxy) is 1. The lowest BCUT2D eigenvalue weighted by atomic mass is 10.2. The summed E-state index contributed by atoms with van der Waals surface area (Å²) >= 11 is 3.06. The van der Waals surface area contributed by atoms with Gasteiger partial charge in [0.1, 0.15) is 21.8 Å². The Morgan fingerprint density at radius 3 is 2.90 bits per heavy atom. The molecule has 0 aromatic carbocycles. The molecule has 21 heavy (non-hydrogen) atoms. The molecule has 1 atom stereocenters. The van der Waals surface area contributed by atoms with Crippen LogP contribution in [0.1, 0.15) is 35.1 Å². The normalized spacial score (nSPS) is 12.9. The number of aryl methyl sites for hydroxylation is 1. The predicted molar refractivity (Wildman–Crippen MR) is 85.3 cm³/mol. The maximum Gasteiger partial charge on any atom is 0.259 e. The van der Waals surface area contributed by atoms with Gasteiger partial charge in [0.2, 0.25) is 0 Å². The predicted octanol–water partition coefficient (Wildman–Crippen LogP) is 3.05. The average Bonchev–Trinajstić information content (AvgIpc) is 3.05. The first kappa shape index (κ1) is 14.4. The first-order valence-electron chi connectivity index (χ1n) is 6.52. The molecule has 0 fully saturated rings. The van der Waals surface area contributed by atoms with E-state index < -0.39 is 0 Å². The van der Waals surface area contributed by atoms with Crippen LogP contribution < -0.4 is 5.56 Å². The number of hydrogen-bond donors (Lipinski definition) is 1. The van der Waals surface area contributed by atoms with Crippen molar-refractivity contribution in [2.24, 2.45) is 0 Å². The molecule has 110 valence electrons. The first-order valence-corrected chi connectivity index (χ1v) is 8.28. The molecule has 0 unspecified atom stereocenters. The number of thiazole rings is 1. The minimum Gasteiger partial charge on any atom is -0.375 e. The number of thiophene rings is 1. The van der Waals surface area contributed by atoms with Crippen LogP contribution in [-0.2, 0) is 11.2 Å². The van der Waals surface area contributed by atoms with Crippen LogP contribution in [0, 0.1) is 6.92 Å². The smallest absolute Gasteiger partial charge is 0.259 e. The molecule has 0 aliphatic heterocycles. The van der Waals surface area contributed by atoms with Gasteiger partial charge < -0.3 is 9.72 Å². The molecule has 3 heterocycles. The van der Waals surface area contributed by atoms with E-state index in [1.807, 2.05) is 24.6 Å². The Morgan fingerprint density at radius 1 is 1.33 bits per heavy atom. The zero-order valence-corrected chi connectivity index (χ0v) is 13.6. The standard InChI is InChI=1S/C14H15N3O2S2/c1-7-5-20-14-11(7)12(18)16-10(17-14)4-9-6-21-13(15-9)8(2)19-3/h5-6,8H,4H2,1-3H3,(H,16,17,18)/t8-/m0/s1. The molecule has 0 bridgehead atoms. The topological polar surface area (TPSA) is 67.9 Å². The number of nitrogens with one attached hydrogen (secondary N) is 1. The Kier molecular flexibility index (Phi) is 3.88. The molecule has 0 spiro atoms. The SMILES string of the molecule is CO[C@@H](C)c1nc(Cc2nc3scc(C)c3c(=O)[nH]2)cs1. The number of rotatable bonds is 4. The molecule has 0 saturated heterocycles. The van der Waals surface area contributed by atoms with Crippen LogP contribution in [-0.4, -0.2) is 22.1 Å². The lowest BCUT2D eigenvalue weighted by Crippen LogP contribution is -2.12. The van der Waals surface area contributed by atoms with Gasteiger partial charge in [-0.1, -0.05) is 0 Å². The van der Waals surface area contributed by atoms with Gasteiger partial charge in [0.15, 0.2) is 0 Å². The Morgan fingerprint density at radius 2 is 2.14 bits per heavy atom. The summed E-state index contributed by atoms with van der Waals surface area (Å²) in [6, 6.07) is 0. The molecule has 5 nitrogen and oxygen atoms in total. The van der Waals surface area contributed by atoms with Crippen LogP contribution in [0.5, 0.6) is 0 Å².